The molecule has 0 atom stereocenters. The molecule has 6 rings (SSSR count). The van der Waals surface area contributed by atoms with Gasteiger partial charge in [0, 0.05) is 18.4 Å². The number of hydrogen-bond donors (Lipinski definition) is 1. The van der Waals surface area contributed by atoms with Gasteiger partial charge in [0.05, 0.1) is 0 Å². The van der Waals surface area contributed by atoms with Gasteiger partial charge in [-0.15, -0.1) is 13.2 Å². The highest BCUT2D eigenvalue weighted by molar-refractivity contribution is 5.78. The largest absolute Gasteiger partial charge is 0.573 e. The molecule has 4 aliphatic carbocycles. The summed E-state index contributed by atoms with van der Waals surface area (Å²) in [7, 11) is 0. The van der Waals surface area contributed by atoms with Gasteiger partial charge < -0.3 is 10.1 Å². The summed E-state index contributed by atoms with van der Waals surface area (Å²) in [6.07, 6.45) is 0.445. The van der Waals surface area contributed by atoms with Crippen molar-refractivity contribution in [1.29, 1.82) is 0 Å². The summed E-state index contributed by atoms with van der Waals surface area (Å²) in [5.41, 5.74) is 1.69. The molecule has 4 aliphatic rings. The molecule has 4 bridgehead atoms. The standard InChI is InChI=1S/C27H30F3NO2/c1-17-19-11-22-13-20(17)14-23(12-19)26(22,21-7-3-2-4-8-21)15-25(32)31-16-18-6-5-9-24(10-18)33-27(28,29)30/h2-10,17,19-20,22-23H,11-16H2,1H3,(H,31,32). The predicted molar refractivity (Wildman–Crippen MR) is 119 cm³/mol. The van der Waals surface area contributed by atoms with Gasteiger partial charge in [0.15, 0.2) is 0 Å². The molecule has 2 aromatic rings. The third kappa shape index (κ3) is 4.24. The van der Waals surface area contributed by atoms with Crippen LogP contribution in [0, 0.1) is 29.6 Å². The summed E-state index contributed by atoms with van der Waals surface area (Å²) in [6, 6.07) is 16.3. The van der Waals surface area contributed by atoms with Crippen molar-refractivity contribution in [2.75, 3.05) is 0 Å². The lowest BCUT2D eigenvalue weighted by atomic mass is 9.41. The van der Waals surface area contributed by atoms with Crippen molar-refractivity contribution in [2.24, 2.45) is 29.6 Å². The highest BCUT2D eigenvalue weighted by Gasteiger charge is 2.60. The average Bonchev–Trinajstić information content (AvgIpc) is 2.76. The van der Waals surface area contributed by atoms with E-state index in [0.717, 1.165) is 17.8 Å². The Hall–Kier alpha value is -2.50. The number of carbonyl (C=O) groups is 1. The lowest BCUT2D eigenvalue weighted by Crippen LogP contribution is -2.59. The Morgan fingerprint density at radius 2 is 1.64 bits per heavy atom. The molecule has 4 saturated carbocycles. The molecular formula is C27H30F3NO2. The van der Waals surface area contributed by atoms with Crippen LogP contribution in [0.15, 0.2) is 54.6 Å². The molecular weight excluding hydrogens is 427 g/mol. The van der Waals surface area contributed by atoms with E-state index in [-0.39, 0.29) is 23.6 Å². The zero-order valence-corrected chi connectivity index (χ0v) is 18.8. The van der Waals surface area contributed by atoms with E-state index >= 15 is 0 Å². The van der Waals surface area contributed by atoms with Gasteiger partial charge in [0.2, 0.25) is 5.91 Å². The number of amides is 1. The van der Waals surface area contributed by atoms with Crippen LogP contribution in [0.1, 0.15) is 50.2 Å². The molecule has 0 radical (unpaired) electrons. The number of nitrogens with one attached hydrogen (secondary N) is 1. The summed E-state index contributed by atoms with van der Waals surface area (Å²) >= 11 is 0. The second-order valence-corrected chi connectivity index (χ2v) is 10.3. The van der Waals surface area contributed by atoms with Crippen molar-refractivity contribution >= 4 is 5.91 Å². The molecule has 1 N–H and O–H groups in total. The average molecular weight is 458 g/mol. The van der Waals surface area contributed by atoms with Crippen LogP contribution in [0.2, 0.25) is 0 Å². The molecule has 33 heavy (non-hydrogen) atoms. The zero-order valence-electron chi connectivity index (χ0n) is 18.8. The molecule has 0 aliphatic heterocycles. The molecule has 176 valence electrons. The highest BCUT2D eigenvalue weighted by atomic mass is 19.4. The van der Waals surface area contributed by atoms with Crippen LogP contribution >= 0.6 is 0 Å². The van der Waals surface area contributed by atoms with E-state index in [1.165, 1.54) is 49.4 Å². The number of hydrogen-bond acceptors (Lipinski definition) is 2. The molecule has 0 saturated heterocycles. The monoisotopic (exact) mass is 457 g/mol. The third-order valence-electron chi connectivity index (χ3n) is 8.68. The molecule has 4 fully saturated rings. The molecule has 0 spiro atoms. The van der Waals surface area contributed by atoms with Crippen LogP contribution in [0.25, 0.3) is 0 Å². The maximum Gasteiger partial charge on any atom is 0.573 e. The first kappa shape index (κ1) is 22.3. The van der Waals surface area contributed by atoms with Crippen molar-refractivity contribution in [3.8, 4) is 5.75 Å². The van der Waals surface area contributed by atoms with E-state index in [0.29, 0.717) is 23.8 Å². The maximum absolute atomic E-state index is 13.2. The molecule has 0 aromatic heterocycles. The lowest BCUT2D eigenvalue weighted by Gasteiger charge is -2.63. The van der Waals surface area contributed by atoms with Crippen LogP contribution in [0.3, 0.4) is 0 Å². The fraction of sp³-hybridized carbons (Fsp3) is 0.519. The van der Waals surface area contributed by atoms with Gasteiger partial charge in [-0.25, -0.2) is 0 Å². The summed E-state index contributed by atoms with van der Waals surface area (Å²) in [5, 5.41) is 2.98. The van der Waals surface area contributed by atoms with Crippen LogP contribution in [0.5, 0.6) is 5.75 Å². The Kier molecular flexibility index (Phi) is 5.66. The second-order valence-electron chi connectivity index (χ2n) is 10.3. The fourth-order valence-electron chi connectivity index (χ4n) is 7.26. The van der Waals surface area contributed by atoms with Crippen LogP contribution in [0.4, 0.5) is 13.2 Å². The minimum atomic E-state index is -4.74. The van der Waals surface area contributed by atoms with E-state index in [9.17, 15) is 18.0 Å². The summed E-state index contributed by atoms with van der Waals surface area (Å²) in [6.45, 7) is 2.58. The first-order valence-corrected chi connectivity index (χ1v) is 11.9. The zero-order chi connectivity index (χ0) is 23.2. The van der Waals surface area contributed by atoms with Crippen LogP contribution in [-0.4, -0.2) is 12.3 Å². The van der Waals surface area contributed by atoms with Crippen LogP contribution in [-0.2, 0) is 16.8 Å². The number of halogens is 3. The Bertz CT molecular complexity index is 974. The first-order chi connectivity index (χ1) is 15.7. The minimum Gasteiger partial charge on any atom is -0.406 e. The summed E-state index contributed by atoms with van der Waals surface area (Å²) in [5.74, 6) is 3.02. The SMILES string of the molecule is CC1C2CC3CC1CC(C2)C3(CC(=O)NCc1cccc(OC(F)(F)F)c1)c1ccccc1. The smallest absolute Gasteiger partial charge is 0.406 e. The Morgan fingerprint density at radius 3 is 2.24 bits per heavy atom. The van der Waals surface area contributed by atoms with Crippen molar-refractivity contribution in [2.45, 2.75) is 57.3 Å². The molecule has 0 unspecified atom stereocenters. The lowest BCUT2D eigenvalue weighted by molar-refractivity contribution is -0.274. The van der Waals surface area contributed by atoms with Crippen molar-refractivity contribution in [3.05, 3.63) is 65.7 Å². The predicted octanol–water partition coefficient (Wildman–Crippen LogP) is 6.23. The third-order valence-corrected chi connectivity index (χ3v) is 8.68. The Balaban J connectivity index is 1.33. The minimum absolute atomic E-state index is 0.0403. The molecule has 3 nitrogen and oxygen atoms in total. The normalized spacial score (nSPS) is 32.5. The topological polar surface area (TPSA) is 38.3 Å². The Morgan fingerprint density at radius 1 is 1.00 bits per heavy atom. The van der Waals surface area contributed by atoms with Gasteiger partial charge in [0.1, 0.15) is 5.75 Å². The molecule has 1 amide bonds. The van der Waals surface area contributed by atoms with Gasteiger partial charge >= 0.3 is 6.36 Å². The van der Waals surface area contributed by atoms with Crippen molar-refractivity contribution in [1.82, 2.24) is 5.32 Å². The van der Waals surface area contributed by atoms with Gasteiger partial charge in [-0.3, -0.25) is 4.79 Å². The van der Waals surface area contributed by atoms with Crippen molar-refractivity contribution < 1.29 is 22.7 Å². The number of carbonyl (C=O) groups excluding carboxylic acids is 1. The first-order valence-electron chi connectivity index (χ1n) is 11.9. The quantitative estimate of drug-likeness (QED) is 0.558. The fourth-order valence-corrected chi connectivity index (χ4v) is 7.26. The molecule has 0 heterocycles. The highest BCUT2D eigenvalue weighted by Crippen LogP contribution is 2.65. The second kappa shape index (κ2) is 8.37. The Labute approximate surface area is 192 Å². The summed E-state index contributed by atoms with van der Waals surface area (Å²) < 4.78 is 41.6. The molecule has 2 aromatic carbocycles. The van der Waals surface area contributed by atoms with E-state index in [1.54, 1.807) is 6.07 Å². The van der Waals surface area contributed by atoms with Gasteiger partial charge in [-0.05, 0) is 78.5 Å². The number of rotatable bonds is 6. The number of benzene rings is 2. The van der Waals surface area contributed by atoms with Gasteiger partial charge in [-0.1, -0.05) is 49.4 Å². The van der Waals surface area contributed by atoms with E-state index in [4.69, 9.17) is 0 Å². The van der Waals surface area contributed by atoms with Gasteiger partial charge in [0.25, 0.3) is 0 Å². The van der Waals surface area contributed by atoms with Gasteiger partial charge in [-0.2, -0.15) is 0 Å². The summed E-state index contributed by atoms with van der Waals surface area (Å²) in [4.78, 5) is 13.2. The van der Waals surface area contributed by atoms with E-state index < -0.39 is 6.36 Å². The van der Waals surface area contributed by atoms with Crippen LogP contribution < -0.4 is 10.1 Å². The number of ether oxygens (including phenoxy) is 1. The maximum atomic E-state index is 13.2. The van der Waals surface area contributed by atoms with Crippen molar-refractivity contribution in [3.63, 3.8) is 0 Å². The van der Waals surface area contributed by atoms with E-state index in [1.807, 2.05) is 6.07 Å². The van der Waals surface area contributed by atoms with E-state index in [2.05, 4.69) is 41.2 Å². The number of alkyl halides is 3. The molecule has 6 heteroatoms.